The van der Waals surface area contributed by atoms with Gasteiger partial charge in [0, 0.05) is 35.1 Å². The third-order valence-electron chi connectivity index (χ3n) is 5.63. The van der Waals surface area contributed by atoms with E-state index < -0.39 is 10.0 Å². The highest BCUT2D eigenvalue weighted by Gasteiger charge is 2.27. The lowest BCUT2D eigenvalue weighted by Crippen LogP contribution is -2.14. The average molecular weight is 490 g/mol. The number of carbonyl (C=O) groups is 2. The number of fused-ring (bicyclic) bond motifs is 1. The number of nitrogens with one attached hydrogen (secondary N) is 3. The monoisotopic (exact) mass is 489 g/mol. The first kappa shape index (κ1) is 24.2. The molecule has 3 aromatic rings. The molecular weight excluding hydrogens is 462 g/mol. The molecule has 1 aliphatic rings. The minimum Gasteiger partial charge on any atom is -0.326 e. The van der Waals surface area contributed by atoms with Gasteiger partial charge in [-0.2, -0.15) is 0 Å². The van der Waals surface area contributed by atoms with Crippen LogP contribution in [0.2, 0.25) is 0 Å². The number of rotatable bonds is 5. The number of hydrogen-bond donors (Lipinski definition) is 3. The van der Waals surface area contributed by atoms with Crippen LogP contribution >= 0.6 is 0 Å². The SMILES string of the molecule is CC(=O)Nc1ccc(/C=C2\C(=O)Nc3ccc(S(=O)(=O)Nc4ccc(C(C)(C)C)cc4)cc32)cc1. The van der Waals surface area contributed by atoms with E-state index in [1.165, 1.54) is 19.1 Å². The Morgan fingerprint density at radius 1 is 0.914 bits per heavy atom. The summed E-state index contributed by atoms with van der Waals surface area (Å²) in [7, 11) is -3.87. The maximum Gasteiger partial charge on any atom is 0.261 e. The van der Waals surface area contributed by atoms with Gasteiger partial charge in [0.15, 0.2) is 0 Å². The molecule has 180 valence electrons. The molecule has 0 unspecified atom stereocenters. The van der Waals surface area contributed by atoms with Crippen LogP contribution in [0.3, 0.4) is 0 Å². The lowest BCUT2D eigenvalue weighted by Gasteiger charge is -2.19. The zero-order valence-electron chi connectivity index (χ0n) is 20.0. The average Bonchev–Trinajstić information content (AvgIpc) is 3.08. The second-order valence-electron chi connectivity index (χ2n) is 9.46. The number of anilines is 3. The van der Waals surface area contributed by atoms with Crippen molar-refractivity contribution in [2.75, 3.05) is 15.4 Å². The first-order valence-corrected chi connectivity index (χ1v) is 12.6. The molecule has 7 nitrogen and oxygen atoms in total. The van der Waals surface area contributed by atoms with Gasteiger partial charge in [-0.3, -0.25) is 14.3 Å². The van der Waals surface area contributed by atoms with Crippen molar-refractivity contribution in [3.8, 4) is 0 Å². The van der Waals surface area contributed by atoms with Crippen LogP contribution in [0.5, 0.6) is 0 Å². The van der Waals surface area contributed by atoms with Gasteiger partial charge >= 0.3 is 0 Å². The van der Waals surface area contributed by atoms with Crippen LogP contribution in [-0.2, 0) is 25.0 Å². The van der Waals surface area contributed by atoms with Crippen molar-refractivity contribution in [1.82, 2.24) is 0 Å². The summed E-state index contributed by atoms with van der Waals surface area (Å²) in [6.45, 7) is 7.70. The second kappa shape index (κ2) is 9.03. The quantitative estimate of drug-likeness (QED) is 0.427. The first-order chi connectivity index (χ1) is 16.4. The van der Waals surface area contributed by atoms with E-state index in [1.807, 2.05) is 12.1 Å². The predicted octanol–water partition coefficient (Wildman–Crippen LogP) is 5.24. The van der Waals surface area contributed by atoms with Crippen molar-refractivity contribution in [2.45, 2.75) is 38.0 Å². The molecule has 3 aromatic carbocycles. The van der Waals surface area contributed by atoms with Crippen LogP contribution in [-0.4, -0.2) is 20.2 Å². The molecule has 0 radical (unpaired) electrons. The summed E-state index contributed by atoms with van der Waals surface area (Å²) in [6, 6.07) is 18.9. The van der Waals surface area contributed by atoms with Crippen LogP contribution < -0.4 is 15.4 Å². The standard InChI is InChI=1S/C27H27N3O4S/c1-17(31)28-20-9-5-18(6-10-20)15-24-23-16-22(13-14-25(23)29-26(24)32)35(33,34)30-21-11-7-19(8-12-21)27(2,3)4/h5-16,30H,1-4H3,(H,28,31)(H,29,32)/b24-15-. The number of benzene rings is 3. The Kier molecular flexibility index (Phi) is 6.25. The highest BCUT2D eigenvalue weighted by molar-refractivity contribution is 7.92. The summed E-state index contributed by atoms with van der Waals surface area (Å²) in [5.74, 6) is -0.487. The highest BCUT2D eigenvalue weighted by Crippen LogP contribution is 2.35. The van der Waals surface area contributed by atoms with Gasteiger partial charge < -0.3 is 10.6 Å². The Bertz CT molecular complexity index is 1430. The smallest absolute Gasteiger partial charge is 0.261 e. The molecule has 0 aromatic heterocycles. The molecule has 35 heavy (non-hydrogen) atoms. The van der Waals surface area contributed by atoms with Gasteiger partial charge in [-0.05, 0) is 65.1 Å². The number of sulfonamides is 1. The van der Waals surface area contributed by atoms with Crippen LogP contribution in [0, 0.1) is 0 Å². The number of amides is 2. The fourth-order valence-corrected chi connectivity index (χ4v) is 4.85. The van der Waals surface area contributed by atoms with Gasteiger partial charge in [-0.15, -0.1) is 0 Å². The van der Waals surface area contributed by atoms with Gasteiger partial charge in [-0.25, -0.2) is 8.42 Å². The van der Waals surface area contributed by atoms with E-state index in [0.717, 1.165) is 11.1 Å². The molecule has 0 bridgehead atoms. The summed E-state index contributed by atoms with van der Waals surface area (Å²) < 4.78 is 28.8. The van der Waals surface area contributed by atoms with E-state index in [4.69, 9.17) is 0 Å². The molecular formula is C27H27N3O4S. The molecule has 0 aliphatic carbocycles. The van der Waals surface area contributed by atoms with Gasteiger partial charge in [0.25, 0.3) is 15.9 Å². The van der Waals surface area contributed by atoms with Crippen molar-refractivity contribution in [3.05, 3.63) is 83.4 Å². The highest BCUT2D eigenvalue weighted by atomic mass is 32.2. The summed E-state index contributed by atoms with van der Waals surface area (Å²) in [5, 5.41) is 5.47. The van der Waals surface area contributed by atoms with Crippen molar-refractivity contribution in [1.29, 1.82) is 0 Å². The van der Waals surface area contributed by atoms with Gasteiger partial charge in [-0.1, -0.05) is 45.0 Å². The summed E-state index contributed by atoms with van der Waals surface area (Å²) in [5.41, 5.74) is 4.32. The molecule has 0 atom stereocenters. The maximum absolute atomic E-state index is 13.1. The molecule has 8 heteroatoms. The van der Waals surface area contributed by atoms with Crippen molar-refractivity contribution in [3.63, 3.8) is 0 Å². The van der Waals surface area contributed by atoms with E-state index in [9.17, 15) is 18.0 Å². The van der Waals surface area contributed by atoms with Crippen molar-refractivity contribution < 1.29 is 18.0 Å². The van der Waals surface area contributed by atoms with Gasteiger partial charge in [0.05, 0.1) is 4.90 Å². The summed E-state index contributed by atoms with van der Waals surface area (Å²) in [6.07, 6.45) is 1.69. The van der Waals surface area contributed by atoms with Crippen molar-refractivity contribution >= 4 is 50.5 Å². The summed E-state index contributed by atoms with van der Waals surface area (Å²) in [4.78, 5) is 23.9. The lowest BCUT2D eigenvalue weighted by atomic mass is 9.87. The molecule has 2 amide bonds. The van der Waals surface area contributed by atoms with Crippen LogP contribution in [0.4, 0.5) is 17.1 Å². The zero-order valence-corrected chi connectivity index (χ0v) is 20.8. The normalized spacial score (nSPS) is 14.4. The van der Waals surface area contributed by atoms with Crippen LogP contribution in [0.15, 0.2) is 71.6 Å². The fourth-order valence-electron chi connectivity index (χ4n) is 3.76. The maximum atomic E-state index is 13.1. The van der Waals surface area contributed by atoms with E-state index in [0.29, 0.717) is 28.2 Å². The predicted molar refractivity (Wildman–Crippen MR) is 140 cm³/mol. The molecule has 3 N–H and O–H groups in total. The Hall–Kier alpha value is -3.91. The minimum absolute atomic E-state index is 0.0378. The minimum atomic E-state index is -3.87. The van der Waals surface area contributed by atoms with Gasteiger partial charge in [0.1, 0.15) is 0 Å². The molecule has 0 fully saturated rings. The molecule has 0 saturated carbocycles. The number of carbonyl (C=O) groups excluding carboxylic acids is 2. The molecule has 1 heterocycles. The Morgan fingerprint density at radius 2 is 1.54 bits per heavy atom. The summed E-state index contributed by atoms with van der Waals surface area (Å²) >= 11 is 0. The number of hydrogen-bond acceptors (Lipinski definition) is 4. The second-order valence-corrected chi connectivity index (χ2v) is 11.1. The third-order valence-corrected chi connectivity index (χ3v) is 7.01. The molecule has 0 spiro atoms. The van der Waals surface area contributed by atoms with Crippen LogP contribution in [0.25, 0.3) is 11.6 Å². The van der Waals surface area contributed by atoms with E-state index in [-0.39, 0.29) is 22.1 Å². The third kappa shape index (κ3) is 5.44. The fraction of sp³-hybridized carbons (Fsp3) is 0.185. The Balaban J connectivity index is 1.61. The van der Waals surface area contributed by atoms with Crippen molar-refractivity contribution in [2.24, 2.45) is 0 Å². The van der Waals surface area contributed by atoms with Gasteiger partial charge in [0.2, 0.25) is 5.91 Å². The molecule has 0 saturated heterocycles. The molecule has 4 rings (SSSR count). The largest absolute Gasteiger partial charge is 0.326 e. The van der Waals surface area contributed by atoms with Crippen LogP contribution in [0.1, 0.15) is 44.4 Å². The topological polar surface area (TPSA) is 104 Å². The molecule has 1 aliphatic heterocycles. The van der Waals surface area contributed by atoms with E-state index >= 15 is 0 Å². The lowest BCUT2D eigenvalue weighted by molar-refractivity contribution is -0.114. The Morgan fingerprint density at radius 3 is 2.14 bits per heavy atom. The first-order valence-electron chi connectivity index (χ1n) is 11.1. The van der Waals surface area contributed by atoms with E-state index in [1.54, 1.807) is 48.5 Å². The van der Waals surface area contributed by atoms with E-state index in [2.05, 4.69) is 36.1 Å². The Labute approximate surface area is 205 Å². The zero-order chi connectivity index (χ0) is 25.4.